The van der Waals surface area contributed by atoms with Crippen molar-refractivity contribution in [3.05, 3.63) is 80.6 Å². The molecule has 3 rings (SSSR count). The van der Waals surface area contributed by atoms with Gasteiger partial charge in [-0.05, 0) is 67.0 Å². The molecule has 1 aliphatic carbocycles. The fourth-order valence-electron chi connectivity index (χ4n) is 3.91. The van der Waals surface area contributed by atoms with Crippen molar-refractivity contribution in [1.82, 2.24) is 4.57 Å². The van der Waals surface area contributed by atoms with E-state index >= 15 is 0 Å². The summed E-state index contributed by atoms with van der Waals surface area (Å²) in [5, 5.41) is 20.1. The van der Waals surface area contributed by atoms with Crippen molar-refractivity contribution in [1.29, 1.82) is 0 Å². The highest BCUT2D eigenvalue weighted by Gasteiger charge is 2.37. The van der Waals surface area contributed by atoms with E-state index in [1.54, 1.807) is 6.92 Å². The van der Waals surface area contributed by atoms with Gasteiger partial charge in [-0.25, -0.2) is 9.18 Å². The van der Waals surface area contributed by atoms with Crippen molar-refractivity contribution >= 4 is 12.2 Å². The van der Waals surface area contributed by atoms with E-state index < -0.39 is 17.1 Å². The smallest absolute Gasteiger partial charge is 0.340 e. The molecule has 1 aliphatic heterocycles. The molecule has 0 saturated heterocycles. The third-order valence-corrected chi connectivity index (χ3v) is 6.02. The number of rotatable bonds is 3. The summed E-state index contributed by atoms with van der Waals surface area (Å²) in [6.45, 7) is 7.64. The number of carboxylic acid groups (broad SMARTS) is 1. The second kappa shape index (κ2) is 8.98. The molecule has 2 heterocycles. The molecule has 6 nitrogen and oxygen atoms in total. The van der Waals surface area contributed by atoms with Crippen molar-refractivity contribution < 1.29 is 19.4 Å². The summed E-state index contributed by atoms with van der Waals surface area (Å²) >= 11 is 0. The highest BCUT2D eigenvalue weighted by Crippen LogP contribution is 2.32. The van der Waals surface area contributed by atoms with Crippen LogP contribution >= 0.6 is 0 Å². The first-order chi connectivity index (χ1) is 14.7. The molecule has 2 bridgehead atoms. The maximum Gasteiger partial charge on any atom is 0.340 e. The number of halogens is 1. The zero-order valence-corrected chi connectivity index (χ0v) is 17.8. The molecule has 0 unspecified atom stereocenters. The zero-order valence-electron chi connectivity index (χ0n) is 17.8. The molecule has 0 radical (unpaired) electrons. The Morgan fingerprint density at radius 1 is 1.35 bits per heavy atom. The van der Waals surface area contributed by atoms with Gasteiger partial charge in [0.05, 0.1) is 13.1 Å². The highest BCUT2D eigenvalue weighted by molar-refractivity contribution is 5.79. The number of carbonyl (C=O) groups is 1. The van der Waals surface area contributed by atoms with Crippen LogP contribution in [0.5, 0.6) is 0 Å². The predicted molar refractivity (Wildman–Crippen MR) is 118 cm³/mol. The average molecular weight is 426 g/mol. The van der Waals surface area contributed by atoms with Crippen LogP contribution in [0.1, 0.15) is 50.8 Å². The van der Waals surface area contributed by atoms with Gasteiger partial charge in [-0.3, -0.25) is 9.79 Å². The topological polar surface area (TPSA) is 91.9 Å². The van der Waals surface area contributed by atoms with Gasteiger partial charge in [0.15, 0.2) is 5.60 Å². The number of pyridine rings is 1. The third kappa shape index (κ3) is 4.51. The maximum absolute atomic E-state index is 14.6. The number of aliphatic imine (C=N–C) groups is 1. The van der Waals surface area contributed by atoms with Gasteiger partial charge in [-0.1, -0.05) is 19.6 Å². The molecule has 164 valence electrons. The average Bonchev–Trinajstić information content (AvgIpc) is 2.76. The van der Waals surface area contributed by atoms with Crippen LogP contribution in [0.15, 0.2) is 68.8 Å². The normalized spacial score (nSPS) is 23.3. The first-order valence-electron chi connectivity index (χ1n) is 10.3. The van der Waals surface area contributed by atoms with E-state index in [2.05, 4.69) is 11.6 Å². The van der Waals surface area contributed by atoms with Gasteiger partial charge >= 0.3 is 5.97 Å². The van der Waals surface area contributed by atoms with Crippen LogP contribution in [0.25, 0.3) is 0 Å². The highest BCUT2D eigenvalue weighted by atomic mass is 19.1. The van der Waals surface area contributed by atoms with Crippen LogP contribution in [-0.2, 0) is 23.5 Å². The summed E-state index contributed by atoms with van der Waals surface area (Å²) in [5.74, 6) is -1.80. The number of carboxylic acids is 1. The standard InChI is InChI=1S/C24H27FN2O4/c1-4-24(31,23(29)30)19-11-20-13-26-9-8-21(25)16(3)18-7-5-6-17(10-18)15(2)14-27(20)22(28)12-19/h8-12,31H,2,4-7,13-14H2,1,3H3,(H,29,30)/b18-16-,21-8+,26-9?/t24-/m0/s1. The number of aliphatic carboxylic acids is 1. The Balaban J connectivity index is 2.16. The Bertz CT molecular complexity index is 1110. The first kappa shape index (κ1) is 22.6. The van der Waals surface area contributed by atoms with Gasteiger partial charge in [-0.2, -0.15) is 0 Å². The van der Waals surface area contributed by atoms with Crippen molar-refractivity contribution in [3.63, 3.8) is 0 Å². The first-order valence-corrected chi connectivity index (χ1v) is 10.3. The molecule has 0 aromatic carbocycles. The molecular weight excluding hydrogens is 399 g/mol. The molecule has 1 aromatic heterocycles. The van der Waals surface area contributed by atoms with E-state index in [1.165, 1.54) is 29.8 Å². The fraction of sp³-hybridized carbons (Fsp3) is 0.375. The van der Waals surface area contributed by atoms with Crippen LogP contribution < -0.4 is 5.56 Å². The van der Waals surface area contributed by atoms with Crippen LogP contribution in [0, 0.1) is 0 Å². The lowest BCUT2D eigenvalue weighted by atomic mass is 9.88. The van der Waals surface area contributed by atoms with Crippen LogP contribution in [0.3, 0.4) is 0 Å². The quantitative estimate of drug-likeness (QED) is 0.766. The molecule has 1 atom stereocenters. The second-order valence-corrected chi connectivity index (χ2v) is 7.96. The Hall–Kier alpha value is -3.06. The van der Waals surface area contributed by atoms with E-state index in [9.17, 15) is 24.2 Å². The number of allylic oxidation sites excluding steroid dienone is 7. The minimum Gasteiger partial charge on any atom is -0.479 e. The SMILES string of the molecule is C=C1Cn2c(cc([C@@](O)(CC)C(=O)O)cc2=O)CN=C/C=C(F)\C(C)=C2/C=C1CCC2. The second-order valence-electron chi connectivity index (χ2n) is 7.96. The minimum absolute atomic E-state index is 0.00211. The number of nitrogens with zero attached hydrogens (tertiary/aromatic N) is 2. The van der Waals surface area contributed by atoms with Gasteiger partial charge in [0.1, 0.15) is 5.83 Å². The third-order valence-electron chi connectivity index (χ3n) is 6.02. The minimum atomic E-state index is -2.18. The molecule has 0 fully saturated rings. The zero-order chi connectivity index (χ0) is 22.8. The summed E-state index contributed by atoms with van der Waals surface area (Å²) in [6.07, 6.45) is 6.88. The van der Waals surface area contributed by atoms with Crippen LogP contribution in [0.4, 0.5) is 4.39 Å². The fourth-order valence-corrected chi connectivity index (χ4v) is 3.91. The van der Waals surface area contributed by atoms with E-state index in [-0.39, 0.29) is 30.9 Å². The summed E-state index contributed by atoms with van der Waals surface area (Å²) in [6, 6.07) is 2.63. The Labute approximate surface area is 180 Å². The van der Waals surface area contributed by atoms with Gasteiger partial charge < -0.3 is 14.8 Å². The van der Waals surface area contributed by atoms with Crippen molar-refractivity contribution in [2.45, 2.75) is 58.2 Å². The Kier molecular flexibility index (Phi) is 6.55. The lowest BCUT2D eigenvalue weighted by molar-refractivity contribution is -0.160. The molecule has 0 saturated carbocycles. The van der Waals surface area contributed by atoms with Crippen molar-refractivity contribution in [2.75, 3.05) is 0 Å². The molecule has 2 N–H and O–H groups in total. The van der Waals surface area contributed by atoms with Gasteiger partial charge in [0.2, 0.25) is 0 Å². The summed E-state index contributed by atoms with van der Waals surface area (Å²) in [4.78, 5) is 28.8. The van der Waals surface area contributed by atoms with Gasteiger partial charge in [0.25, 0.3) is 5.56 Å². The van der Waals surface area contributed by atoms with Gasteiger partial charge in [-0.15, -0.1) is 0 Å². The largest absolute Gasteiger partial charge is 0.479 e. The Morgan fingerprint density at radius 3 is 2.77 bits per heavy atom. The number of hydrogen-bond donors (Lipinski definition) is 2. The van der Waals surface area contributed by atoms with Crippen LogP contribution in [-0.4, -0.2) is 27.0 Å². The summed E-state index contributed by atoms with van der Waals surface area (Å²) in [5.41, 5.74) is 0.957. The molecule has 2 aliphatic rings. The van der Waals surface area contributed by atoms with E-state index in [0.29, 0.717) is 11.3 Å². The Morgan fingerprint density at radius 2 is 2.10 bits per heavy atom. The van der Waals surface area contributed by atoms with Crippen LogP contribution in [0.2, 0.25) is 0 Å². The number of fused-ring (bicyclic) bond motifs is 2. The van der Waals surface area contributed by atoms with E-state index in [4.69, 9.17) is 0 Å². The van der Waals surface area contributed by atoms with Crippen molar-refractivity contribution in [3.8, 4) is 0 Å². The molecule has 0 spiro atoms. The monoisotopic (exact) mass is 426 g/mol. The maximum atomic E-state index is 14.6. The molecule has 7 heteroatoms. The van der Waals surface area contributed by atoms with Gasteiger partial charge in [0, 0.05) is 23.5 Å². The molecule has 0 amide bonds. The summed E-state index contributed by atoms with van der Waals surface area (Å²) < 4.78 is 16.1. The van der Waals surface area contributed by atoms with Crippen molar-refractivity contribution in [2.24, 2.45) is 4.99 Å². The molecular formula is C24H27FN2O4. The number of aromatic nitrogens is 1. The lowest BCUT2D eigenvalue weighted by Crippen LogP contribution is -2.37. The molecule has 31 heavy (non-hydrogen) atoms. The lowest BCUT2D eigenvalue weighted by Gasteiger charge is -2.24. The number of aliphatic hydroxyl groups is 1. The molecule has 1 aromatic rings. The van der Waals surface area contributed by atoms with E-state index in [0.717, 1.165) is 42.0 Å². The number of hydrogen-bond acceptors (Lipinski definition) is 4. The summed E-state index contributed by atoms with van der Waals surface area (Å²) in [7, 11) is 0. The predicted octanol–water partition coefficient (Wildman–Crippen LogP) is 3.95. The van der Waals surface area contributed by atoms with E-state index in [1.807, 2.05) is 6.08 Å².